The van der Waals surface area contributed by atoms with Crippen molar-refractivity contribution >= 4 is 17.5 Å². The van der Waals surface area contributed by atoms with Crippen molar-refractivity contribution < 1.29 is 14.5 Å². The first kappa shape index (κ1) is 18.6. The highest BCUT2D eigenvalue weighted by atomic mass is 16.6. The molecule has 1 saturated carbocycles. The largest absolute Gasteiger partial charge is 0.465 e. The molecule has 0 unspecified atom stereocenters. The second-order valence-corrected chi connectivity index (χ2v) is 7.21. The third-order valence-corrected chi connectivity index (χ3v) is 5.40. The van der Waals surface area contributed by atoms with E-state index in [-0.39, 0.29) is 23.1 Å². The van der Waals surface area contributed by atoms with Crippen molar-refractivity contribution in [3.8, 4) is 0 Å². The Morgan fingerprint density at radius 2 is 2.04 bits per heavy atom. The van der Waals surface area contributed by atoms with E-state index in [2.05, 4.69) is 19.9 Å². The zero-order chi connectivity index (χ0) is 18.5. The third kappa shape index (κ3) is 4.49. The number of hydrogen-bond acceptors (Lipinski definition) is 7. The van der Waals surface area contributed by atoms with E-state index in [0.29, 0.717) is 0 Å². The van der Waals surface area contributed by atoms with Gasteiger partial charge in [-0.05, 0) is 31.6 Å². The fourth-order valence-corrected chi connectivity index (χ4v) is 3.94. The number of nitrogens with zero attached hydrogens (tertiary/aromatic N) is 3. The predicted octanol–water partition coefficient (Wildman–Crippen LogP) is 2.84. The molecule has 142 valence electrons. The summed E-state index contributed by atoms with van der Waals surface area (Å²) in [5.41, 5.74) is -0.114. The Morgan fingerprint density at radius 3 is 2.65 bits per heavy atom. The predicted molar refractivity (Wildman–Crippen MR) is 97.3 cm³/mol. The van der Waals surface area contributed by atoms with Crippen LogP contribution in [0.2, 0.25) is 0 Å². The van der Waals surface area contributed by atoms with Crippen LogP contribution in [-0.4, -0.2) is 53.6 Å². The number of methoxy groups -OCH3 is 1. The third-order valence-electron chi connectivity index (χ3n) is 5.40. The number of carbonyl (C=O) groups excluding carboxylic acids is 1. The fraction of sp³-hybridized carbons (Fsp3) is 0.667. The second kappa shape index (κ2) is 8.44. The quantitative estimate of drug-likeness (QED) is 0.472. The highest BCUT2D eigenvalue weighted by Crippen LogP contribution is 2.28. The minimum Gasteiger partial charge on any atom is -0.465 e. The number of pyridine rings is 1. The van der Waals surface area contributed by atoms with E-state index in [1.54, 1.807) is 0 Å². The van der Waals surface area contributed by atoms with Crippen molar-refractivity contribution in [3.63, 3.8) is 0 Å². The fourth-order valence-electron chi connectivity index (χ4n) is 3.94. The second-order valence-electron chi connectivity index (χ2n) is 7.21. The summed E-state index contributed by atoms with van der Waals surface area (Å²) in [6.07, 6.45) is 8.60. The van der Waals surface area contributed by atoms with Crippen LogP contribution in [0.25, 0.3) is 0 Å². The number of rotatable bonds is 6. The van der Waals surface area contributed by atoms with Crippen molar-refractivity contribution in [2.24, 2.45) is 5.92 Å². The molecule has 1 aromatic heterocycles. The number of aromatic nitrogens is 1. The van der Waals surface area contributed by atoms with E-state index < -0.39 is 10.9 Å². The van der Waals surface area contributed by atoms with Crippen LogP contribution in [0.1, 0.15) is 48.9 Å². The van der Waals surface area contributed by atoms with E-state index in [9.17, 15) is 14.9 Å². The zero-order valence-corrected chi connectivity index (χ0v) is 15.1. The molecule has 0 aromatic carbocycles. The molecule has 0 spiro atoms. The van der Waals surface area contributed by atoms with Gasteiger partial charge in [0.15, 0.2) is 0 Å². The van der Waals surface area contributed by atoms with Gasteiger partial charge in [-0.1, -0.05) is 12.8 Å². The number of anilines is 1. The van der Waals surface area contributed by atoms with Gasteiger partial charge in [0.25, 0.3) is 0 Å². The summed E-state index contributed by atoms with van der Waals surface area (Å²) in [6.45, 7) is 3.18. The number of likely N-dealkylation sites (tertiary alicyclic amines) is 1. The van der Waals surface area contributed by atoms with Crippen molar-refractivity contribution in [1.29, 1.82) is 0 Å². The van der Waals surface area contributed by atoms with Crippen LogP contribution in [0.3, 0.4) is 0 Å². The molecule has 2 heterocycles. The molecule has 2 aliphatic rings. The molecule has 1 saturated heterocycles. The van der Waals surface area contributed by atoms with Gasteiger partial charge < -0.3 is 15.0 Å². The summed E-state index contributed by atoms with van der Waals surface area (Å²) in [6, 6.07) is 1.38. The van der Waals surface area contributed by atoms with Crippen molar-refractivity contribution in [1.82, 2.24) is 9.88 Å². The average molecular weight is 362 g/mol. The maximum absolute atomic E-state index is 11.6. The first-order valence-electron chi connectivity index (χ1n) is 9.28. The maximum Gasteiger partial charge on any atom is 0.339 e. The van der Waals surface area contributed by atoms with Crippen LogP contribution in [0.4, 0.5) is 11.5 Å². The van der Waals surface area contributed by atoms with Gasteiger partial charge in [-0.15, -0.1) is 0 Å². The number of piperidine rings is 1. The molecule has 1 aliphatic carbocycles. The first-order chi connectivity index (χ1) is 12.6. The molecular formula is C18H26N4O4. The highest BCUT2D eigenvalue weighted by Gasteiger charge is 2.26. The summed E-state index contributed by atoms with van der Waals surface area (Å²) in [5.74, 6) is 0.428. The number of nitrogens with one attached hydrogen (secondary N) is 1. The van der Waals surface area contributed by atoms with Crippen LogP contribution >= 0.6 is 0 Å². The Labute approximate surface area is 153 Å². The Hall–Kier alpha value is -2.22. The van der Waals surface area contributed by atoms with Gasteiger partial charge >= 0.3 is 11.7 Å². The Balaban J connectivity index is 1.58. The van der Waals surface area contributed by atoms with E-state index in [1.807, 2.05) is 0 Å². The van der Waals surface area contributed by atoms with Gasteiger partial charge in [-0.2, -0.15) is 0 Å². The van der Waals surface area contributed by atoms with Gasteiger partial charge in [0.1, 0.15) is 0 Å². The summed E-state index contributed by atoms with van der Waals surface area (Å²) < 4.78 is 4.60. The monoisotopic (exact) mass is 362 g/mol. The summed E-state index contributed by atoms with van der Waals surface area (Å²) in [7, 11) is 1.24. The van der Waals surface area contributed by atoms with Crippen LogP contribution in [0.5, 0.6) is 0 Å². The number of ether oxygens (including phenoxy) is 1. The Kier molecular flexibility index (Phi) is 6.03. The lowest BCUT2D eigenvalue weighted by atomic mass is 10.0. The average Bonchev–Trinajstić information content (AvgIpc) is 3.16. The normalized spacial score (nSPS) is 19.4. The number of hydrogen-bond donors (Lipinski definition) is 1. The molecule has 0 bridgehead atoms. The maximum atomic E-state index is 11.6. The van der Waals surface area contributed by atoms with Gasteiger partial charge in [-0.3, -0.25) is 10.1 Å². The van der Waals surface area contributed by atoms with E-state index >= 15 is 0 Å². The smallest absolute Gasteiger partial charge is 0.339 e. The van der Waals surface area contributed by atoms with E-state index in [1.165, 1.54) is 51.6 Å². The number of carbonyl (C=O) groups is 1. The summed E-state index contributed by atoms with van der Waals surface area (Å²) in [4.78, 5) is 29.0. The van der Waals surface area contributed by atoms with Crippen molar-refractivity contribution in [2.45, 2.75) is 44.6 Å². The van der Waals surface area contributed by atoms with Crippen molar-refractivity contribution in [3.05, 3.63) is 27.9 Å². The molecule has 0 amide bonds. The number of nitro groups is 1. The molecule has 0 radical (unpaired) electrons. The Bertz CT molecular complexity index is 653. The van der Waals surface area contributed by atoms with Crippen LogP contribution < -0.4 is 5.32 Å². The molecule has 1 N–H and O–H groups in total. The first-order valence-corrected chi connectivity index (χ1v) is 9.28. The Morgan fingerprint density at radius 1 is 1.35 bits per heavy atom. The molecule has 0 atom stereocenters. The zero-order valence-electron chi connectivity index (χ0n) is 15.1. The molecule has 8 nitrogen and oxygen atoms in total. The van der Waals surface area contributed by atoms with E-state index in [0.717, 1.165) is 31.8 Å². The lowest BCUT2D eigenvalue weighted by Crippen LogP contribution is -2.41. The van der Waals surface area contributed by atoms with E-state index in [4.69, 9.17) is 0 Å². The van der Waals surface area contributed by atoms with Crippen LogP contribution in [-0.2, 0) is 4.74 Å². The minimum atomic E-state index is -0.632. The van der Waals surface area contributed by atoms with Gasteiger partial charge in [-0.25, -0.2) is 9.78 Å². The van der Waals surface area contributed by atoms with Crippen LogP contribution in [0, 0.1) is 16.0 Å². The SMILES string of the molecule is COC(=O)c1cnc(NC2CCN(CC3CCCC3)CC2)c([N+](=O)[O-])c1. The molecule has 2 fully saturated rings. The highest BCUT2D eigenvalue weighted by molar-refractivity contribution is 5.90. The van der Waals surface area contributed by atoms with Gasteiger partial charge in [0.2, 0.25) is 5.82 Å². The minimum absolute atomic E-state index is 0.0798. The van der Waals surface area contributed by atoms with Crippen molar-refractivity contribution in [2.75, 3.05) is 32.1 Å². The lowest BCUT2D eigenvalue weighted by Gasteiger charge is -2.34. The molecular weight excluding hydrogens is 336 g/mol. The molecule has 1 aliphatic heterocycles. The molecule has 8 heteroatoms. The van der Waals surface area contributed by atoms with Gasteiger partial charge in [0.05, 0.1) is 17.6 Å². The summed E-state index contributed by atoms with van der Waals surface area (Å²) in [5, 5.41) is 14.5. The number of esters is 1. The lowest BCUT2D eigenvalue weighted by molar-refractivity contribution is -0.384. The topological polar surface area (TPSA) is 97.6 Å². The molecule has 3 rings (SSSR count). The molecule has 1 aromatic rings. The van der Waals surface area contributed by atoms with Crippen LogP contribution in [0.15, 0.2) is 12.3 Å². The van der Waals surface area contributed by atoms with Gasteiger partial charge in [0, 0.05) is 37.9 Å². The standard InChI is InChI=1S/C18H26N4O4/c1-26-18(23)14-10-16(22(24)25)17(19-11-14)20-15-6-8-21(9-7-15)12-13-4-2-3-5-13/h10-11,13,15H,2-9,12H2,1H3,(H,19,20). The molecule has 26 heavy (non-hydrogen) atoms. The summed E-state index contributed by atoms with van der Waals surface area (Å²) >= 11 is 0.